The average molecular weight is 195 g/mol. The first-order valence-electron chi connectivity index (χ1n) is 6.62. The molecule has 0 radical (unpaired) electrons. The van der Waals surface area contributed by atoms with E-state index in [0.29, 0.717) is 0 Å². The molecule has 2 unspecified atom stereocenters. The van der Waals surface area contributed by atoms with Gasteiger partial charge in [0.1, 0.15) is 0 Å². The summed E-state index contributed by atoms with van der Waals surface area (Å²) in [5.74, 6) is 3.24. The van der Waals surface area contributed by atoms with Crippen LogP contribution in [-0.2, 0) is 0 Å². The van der Waals surface area contributed by atoms with E-state index in [1.807, 2.05) is 0 Å². The van der Waals surface area contributed by atoms with Crippen LogP contribution in [0.2, 0.25) is 0 Å². The largest absolute Gasteiger partial charge is 0.316 e. The Morgan fingerprint density at radius 1 is 1.07 bits per heavy atom. The van der Waals surface area contributed by atoms with E-state index in [1.165, 1.54) is 58.0 Å². The van der Waals surface area contributed by atoms with E-state index in [9.17, 15) is 0 Å². The third-order valence-corrected chi connectivity index (χ3v) is 4.31. The molecule has 0 aromatic heterocycles. The van der Waals surface area contributed by atoms with Crippen molar-refractivity contribution in [2.75, 3.05) is 13.1 Å². The van der Waals surface area contributed by atoms with Crippen LogP contribution < -0.4 is 5.32 Å². The van der Waals surface area contributed by atoms with Gasteiger partial charge in [-0.3, -0.25) is 0 Å². The second-order valence-electron chi connectivity index (χ2n) is 5.25. The van der Waals surface area contributed by atoms with Crippen LogP contribution in [0.15, 0.2) is 0 Å². The van der Waals surface area contributed by atoms with Crippen molar-refractivity contribution in [1.29, 1.82) is 0 Å². The van der Waals surface area contributed by atoms with Crippen molar-refractivity contribution in [2.45, 2.75) is 51.9 Å². The quantitative estimate of drug-likeness (QED) is 0.664. The molecule has 2 fully saturated rings. The van der Waals surface area contributed by atoms with Crippen molar-refractivity contribution in [1.82, 2.24) is 5.32 Å². The van der Waals surface area contributed by atoms with Gasteiger partial charge in [-0.2, -0.15) is 0 Å². The number of rotatable bonds is 5. The van der Waals surface area contributed by atoms with Gasteiger partial charge in [0.15, 0.2) is 0 Å². The highest BCUT2D eigenvalue weighted by Gasteiger charge is 2.37. The van der Waals surface area contributed by atoms with Gasteiger partial charge in [-0.1, -0.05) is 32.6 Å². The van der Waals surface area contributed by atoms with Crippen LogP contribution in [-0.4, -0.2) is 13.1 Å². The van der Waals surface area contributed by atoms with Crippen molar-refractivity contribution in [3.05, 3.63) is 0 Å². The van der Waals surface area contributed by atoms with E-state index in [0.717, 1.165) is 17.8 Å². The molecule has 0 aromatic carbocycles. The number of hydrogen-bond acceptors (Lipinski definition) is 1. The Kier molecular flexibility index (Phi) is 3.86. The predicted octanol–water partition coefficient (Wildman–Crippen LogP) is 3.20. The van der Waals surface area contributed by atoms with E-state index in [2.05, 4.69) is 12.2 Å². The zero-order valence-electron chi connectivity index (χ0n) is 9.60. The first-order chi connectivity index (χ1) is 6.92. The van der Waals surface area contributed by atoms with Gasteiger partial charge in [-0.25, -0.2) is 0 Å². The molecular formula is C13H25N. The molecule has 1 heteroatoms. The third kappa shape index (κ3) is 2.31. The van der Waals surface area contributed by atoms with Crippen molar-refractivity contribution >= 4 is 0 Å². The van der Waals surface area contributed by atoms with Gasteiger partial charge in [0.05, 0.1) is 0 Å². The summed E-state index contributed by atoms with van der Waals surface area (Å²) in [7, 11) is 0. The molecule has 2 saturated carbocycles. The highest BCUT2D eigenvalue weighted by atomic mass is 14.9. The molecule has 2 aliphatic carbocycles. The summed E-state index contributed by atoms with van der Waals surface area (Å²) >= 11 is 0. The fourth-order valence-electron chi connectivity index (χ4n) is 3.32. The summed E-state index contributed by atoms with van der Waals surface area (Å²) in [6, 6.07) is 0. The topological polar surface area (TPSA) is 12.0 Å². The highest BCUT2D eigenvalue weighted by Crippen LogP contribution is 2.45. The molecule has 0 saturated heterocycles. The average Bonchev–Trinajstić information content (AvgIpc) is 2.63. The van der Waals surface area contributed by atoms with Gasteiger partial charge in [-0.05, 0) is 50.1 Å². The van der Waals surface area contributed by atoms with Crippen molar-refractivity contribution < 1.29 is 0 Å². The summed E-state index contributed by atoms with van der Waals surface area (Å²) in [4.78, 5) is 0. The molecule has 0 heterocycles. The number of hydrogen-bond donors (Lipinski definition) is 1. The van der Waals surface area contributed by atoms with Crippen molar-refractivity contribution in [2.24, 2.45) is 17.8 Å². The Hall–Kier alpha value is -0.0400. The van der Waals surface area contributed by atoms with Crippen LogP contribution in [0.3, 0.4) is 0 Å². The van der Waals surface area contributed by atoms with E-state index >= 15 is 0 Å². The molecule has 14 heavy (non-hydrogen) atoms. The molecule has 0 spiro atoms. The minimum absolute atomic E-state index is 1.03. The maximum absolute atomic E-state index is 3.59. The Bertz CT molecular complexity index is 161. The minimum Gasteiger partial charge on any atom is -0.316 e. The fourth-order valence-corrected chi connectivity index (χ4v) is 3.32. The molecule has 1 N–H and O–H groups in total. The van der Waals surface area contributed by atoms with E-state index in [4.69, 9.17) is 0 Å². The van der Waals surface area contributed by atoms with Gasteiger partial charge in [0, 0.05) is 0 Å². The predicted molar refractivity (Wildman–Crippen MR) is 61.3 cm³/mol. The lowest BCUT2D eigenvalue weighted by molar-refractivity contribution is 0.105. The first-order valence-corrected chi connectivity index (χ1v) is 6.62. The molecule has 1 nitrogen and oxygen atoms in total. The van der Waals surface area contributed by atoms with E-state index < -0.39 is 0 Å². The van der Waals surface area contributed by atoms with Gasteiger partial charge in [0.2, 0.25) is 0 Å². The Balaban J connectivity index is 1.67. The van der Waals surface area contributed by atoms with Crippen LogP contribution in [0, 0.1) is 17.8 Å². The second-order valence-corrected chi connectivity index (χ2v) is 5.25. The highest BCUT2D eigenvalue weighted by molar-refractivity contribution is 4.88. The summed E-state index contributed by atoms with van der Waals surface area (Å²) in [5.41, 5.74) is 0. The molecule has 0 bridgehead atoms. The van der Waals surface area contributed by atoms with Gasteiger partial charge in [0.25, 0.3) is 0 Å². The Labute approximate surface area is 88.7 Å². The fraction of sp³-hybridized carbons (Fsp3) is 1.00. The Morgan fingerprint density at radius 2 is 1.86 bits per heavy atom. The van der Waals surface area contributed by atoms with Crippen LogP contribution in [0.5, 0.6) is 0 Å². The smallest absolute Gasteiger partial charge is 0.00178 e. The maximum atomic E-state index is 3.59. The molecule has 2 rings (SSSR count). The van der Waals surface area contributed by atoms with Crippen molar-refractivity contribution in [3.63, 3.8) is 0 Å². The maximum Gasteiger partial charge on any atom is -0.00178 e. The van der Waals surface area contributed by atoms with Crippen LogP contribution >= 0.6 is 0 Å². The standard InChI is InChI=1S/C13H25N/c1-2-9-14-10-12-7-8-13(12)11-5-3-4-6-11/h11-14H,2-10H2,1H3. The SMILES string of the molecule is CCCNCC1CCC1C1CCCC1. The minimum atomic E-state index is 1.03. The molecule has 0 amide bonds. The van der Waals surface area contributed by atoms with Gasteiger partial charge in [-0.15, -0.1) is 0 Å². The lowest BCUT2D eigenvalue weighted by Gasteiger charge is -2.41. The van der Waals surface area contributed by atoms with Crippen LogP contribution in [0.4, 0.5) is 0 Å². The van der Waals surface area contributed by atoms with Crippen molar-refractivity contribution in [3.8, 4) is 0 Å². The summed E-state index contributed by atoms with van der Waals surface area (Å²) in [5, 5.41) is 3.59. The van der Waals surface area contributed by atoms with Crippen LogP contribution in [0.1, 0.15) is 51.9 Å². The van der Waals surface area contributed by atoms with E-state index in [-0.39, 0.29) is 0 Å². The molecule has 0 aromatic rings. The Morgan fingerprint density at radius 3 is 2.43 bits per heavy atom. The third-order valence-electron chi connectivity index (χ3n) is 4.31. The molecule has 0 aliphatic heterocycles. The molecule has 2 aliphatic rings. The first kappa shape index (κ1) is 10.5. The second kappa shape index (κ2) is 5.16. The zero-order valence-corrected chi connectivity index (χ0v) is 9.60. The lowest BCUT2D eigenvalue weighted by atomic mass is 9.66. The van der Waals surface area contributed by atoms with Crippen LogP contribution in [0.25, 0.3) is 0 Å². The van der Waals surface area contributed by atoms with Gasteiger partial charge < -0.3 is 5.32 Å². The summed E-state index contributed by atoms with van der Waals surface area (Å²) < 4.78 is 0. The lowest BCUT2D eigenvalue weighted by Crippen LogP contribution is -2.38. The molecule has 2 atom stereocenters. The number of nitrogens with one attached hydrogen (secondary N) is 1. The monoisotopic (exact) mass is 195 g/mol. The van der Waals surface area contributed by atoms with E-state index in [1.54, 1.807) is 0 Å². The molecular weight excluding hydrogens is 170 g/mol. The zero-order chi connectivity index (χ0) is 9.80. The van der Waals surface area contributed by atoms with Gasteiger partial charge >= 0.3 is 0 Å². The summed E-state index contributed by atoms with van der Waals surface area (Å²) in [6.07, 6.45) is 10.4. The normalized spacial score (nSPS) is 33.2. The summed E-state index contributed by atoms with van der Waals surface area (Å²) in [6.45, 7) is 4.77. The molecule has 82 valence electrons.